The van der Waals surface area contributed by atoms with Gasteiger partial charge in [0.15, 0.2) is 16.6 Å². The largest absolute Gasteiger partial charge is 0.486 e. The summed E-state index contributed by atoms with van der Waals surface area (Å²) in [6.45, 7) is 4.10. The summed E-state index contributed by atoms with van der Waals surface area (Å²) in [5.41, 5.74) is 2.37. The van der Waals surface area contributed by atoms with Crippen molar-refractivity contribution in [1.29, 1.82) is 0 Å². The van der Waals surface area contributed by atoms with Gasteiger partial charge in [0.25, 0.3) is 5.56 Å². The fourth-order valence-corrected chi connectivity index (χ4v) is 5.03. The Morgan fingerprint density at radius 3 is 2.59 bits per heavy atom. The van der Waals surface area contributed by atoms with Crippen molar-refractivity contribution in [3.63, 3.8) is 0 Å². The minimum absolute atomic E-state index is 0.0399. The molecule has 1 aliphatic heterocycles. The molecule has 2 aromatic carbocycles. The summed E-state index contributed by atoms with van der Waals surface area (Å²) in [5.74, 6) is 1.35. The number of rotatable bonds is 6. The van der Waals surface area contributed by atoms with Gasteiger partial charge in [0.05, 0.1) is 24.6 Å². The number of thiophene rings is 1. The molecule has 0 bridgehead atoms. The number of fused-ring (bicyclic) bond motifs is 2. The van der Waals surface area contributed by atoms with E-state index in [0.29, 0.717) is 48.5 Å². The van der Waals surface area contributed by atoms with Crippen LogP contribution >= 0.6 is 23.6 Å². The van der Waals surface area contributed by atoms with Crippen LogP contribution in [-0.2, 0) is 13.1 Å². The van der Waals surface area contributed by atoms with Gasteiger partial charge in [-0.3, -0.25) is 4.79 Å². The quantitative estimate of drug-likeness (QED) is 0.370. The molecule has 4 aromatic rings. The highest BCUT2D eigenvalue weighted by molar-refractivity contribution is 7.80. The zero-order valence-corrected chi connectivity index (χ0v) is 20.4. The lowest BCUT2D eigenvalue weighted by Crippen LogP contribution is -2.40. The van der Waals surface area contributed by atoms with Gasteiger partial charge in [0.2, 0.25) is 0 Å². The van der Waals surface area contributed by atoms with Crippen LogP contribution in [0.1, 0.15) is 29.0 Å². The monoisotopic (exact) mass is 491 g/mol. The third kappa shape index (κ3) is 4.93. The molecule has 0 amide bonds. The summed E-state index contributed by atoms with van der Waals surface area (Å²) in [5, 5.41) is 6.98. The number of H-pyrrole nitrogens is 1. The minimum Gasteiger partial charge on any atom is -0.486 e. The molecule has 0 aliphatic carbocycles. The van der Waals surface area contributed by atoms with E-state index in [1.54, 1.807) is 11.3 Å². The third-order valence-corrected chi connectivity index (χ3v) is 7.04. The Bertz CT molecular complexity index is 1350. The average molecular weight is 492 g/mol. The zero-order chi connectivity index (χ0) is 23.5. The summed E-state index contributed by atoms with van der Waals surface area (Å²) in [6.07, 6.45) is 0. The molecule has 174 valence electrons. The number of aromatic nitrogens is 1. The smallest absolute Gasteiger partial charge is 0.253 e. The summed E-state index contributed by atoms with van der Waals surface area (Å²) >= 11 is 7.48. The Morgan fingerprint density at radius 1 is 1.09 bits per heavy atom. The van der Waals surface area contributed by atoms with E-state index in [0.717, 1.165) is 16.5 Å². The summed E-state index contributed by atoms with van der Waals surface area (Å²) < 4.78 is 11.4. The van der Waals surface area contributed by atoms with E-state index in [1.807, 2.05) is 52.7 Å². The molecule has 3 heterocycles. The number of pyridine rings is 1. The number of aromatic amines is 1. The SMILES string of the molecule is CC(NC(=S)N(Cc1cccs1)Cc1cc2cc3c(cc2[nH]c1=O)OCCO3)c1ccccc1. The Labute approximate surface area is 207 Å². The van der Waals surface area contributed by atoms with E-state index in [9.17, 15) is 4.79 Å². The van der Waals surface area contributed by atoms with E-state index < -0.39 is 0 Å². The Balaban J connectivity index is 1.42. The van der Waals surface area contributed by atoms with Crippen LogP contribution in [0.15, 0.2) is 70.8 Å². The van der Waals surface area contributed by atoms with Crippen LogP contribution in [0.25, 0.3) is 10.9 Å². The molecule has 1 unspecified atom stereocenters. The third-order valence-electron chi connectivity index (χ3n) is 5.80. The molecule has 0 spiro atoms. The standard InChI is InChI=1S/C26H25N3O3S2/c1-17(18-6-3-2-4-7-18)27-26(33)29(16-21-8-5-11-34-21)15-20-12-19-13-23-24(32-10-9-31-23)14-22(19)28-25(20)30/h2-8,11-14,17H,9-10,15-16H2,1H3,(H,27,33)(H,28,30). The molecule has 8 heteroatoms. The molecule has 6 nitrogen and oxygen atoms in total. The van der Waals surface area contributed by atoms with Gasteiger partial charge in [-0.15, -0.1) is 11.3 Å². The first-order chi connectivity index (χ1) is 16.6. The molecule has 1 aliphatic rings. The van der Waals surface area contributed by atoms with Gasteiger partial charge in [-0.05, 0) is 48.3 Å². The van der Waals surface area contributed by atoms with Crippen LogP contribution in [0.2, 0.25) is 0 Å². The fraction of sp³-hybridized carbons (Fsp3) is 0.231. The molecule has 0 radical (unpaired) electrons. The Kier molecular flexibility index (Phi) is 6.51. The van der Waals surface area contributed by atoms with Gasteiger partial charge < -0.3 is 24.7 Å². The lowest BCUT2D eigenvalue weighted by molar-refractivity contribution is 0.172. The van der Waals surface area contributed by atoms with Crippen LogP contribution in [0.5, 0.6) is 11.5 Å². The fourth-order valence-electron chi connectivity index (χ4n) is 4.00. The van der Waals surface area contributed by atoms with Crippen LogP contribution < -0.4 is 20.3 Å². The van der Waals surface area contributed by atoms with E-state index in [-0.39, 0.29) is 11.6 Å². The number of hydrogen-bond donors (Lipinski definition) is 2. The number of nitrogens with one attached hydrogen (secondary N) is 2. The van der Waals surface area contributed by atoms with Crippen molar-refractivity contribution in [2.45, 2.75) is 26.1 Å². The Morgan fingerprint density at radius 2 is 1.85 bits per heavy atom. The molecule has 2 N–H and O–H groups in total. The van der Waals surface area contributed by atoms with Crippen molar-refractivity contribution in [2.24, 2.45) is 0 Å². The minimum atomic E-state index is -0.140. The number of ether oxygens (including phenoxy) is 2. The molecule has 0 saturated heterocycles. The van der Waals surface area contributed by atoms with Gasteiger partial charge in [-0.25, -0.2) is 0 Å². The first-order valence-electron chi connectivity index (χ1n) is 11.1. The second-order valence-corrected chi connectivity index (χ2v) is 9.64. The highest BCUT2D eigenvalue weighted by Crippen LogP contribution is 2.33. The van der Waals surface area contributed by atoms with Crippen molar-refractivity contribution in [3.8, 4) is 11.5 Å². The van der Waals surface area contributed by atoms with Gasteiger partial charge in [-0.1, -0.05) is 36.4 Å². The predicted molar refractivity (Wildman–Crippen MR) is 140 cm³/mol. The van der Waals surface area contributed by atoms with Crippen LogP contribution in [0.3, 0.4) is 0 Å². The van der Waals surface area contributed by atoms with Gasteiger partial charge in [0.1, 0.15) is 13.2 Å². The maximum atomic E-state index is 13.0. The summed E-state index contributed by atoms with van der Waals surface area (Å²) in [4.78, 5) is 19.2. The van der Waals surface area contributed by atoms with Gasteiger partial charge >= 0.3 is 0 Å². The van der Waals surface area contributed by atoms with Crippen molar-refractivity contribution in [2.75, 3.05) is 13.2 Å². The molecular formula is C26H25N3O3S2. The van der Waals surface area contributed by atoms with Crippen molar-refractivity contribution in [1.82, 2.24) is 15.2 Å². The maximum Gasteiger partial charge on any atom is 0.253 e. The van der Waals surface area contributed by atoms with Gasteiger partial charge in [-0.2, -0.15) is 0 Å². The summed E-state index contributed by atoms with van der Waals surface area (Å²) in [6, 6.07) is 20.0. The highest BCUT2D eigenvalue weighted by atomic mass is 32.1. The number of thiocarbonyl (C=S) groups is 1. The van der Waals surface area contributed by atoms with E-state index in [4.69, 9.17) is 21.7 Å². The second kappa shape index (κ2) is 9.87. The van der Waals surface area contributed by atoms with Crippen LogP contribution in [-0.4, -0.2) is 28.2 Å². The summed E-state index contributed by atoms with van der Waals surface area (Å²) in [7, 11) is 0. The molecule has 34 heavy (non-hydrogen) atoms. The van der Waals surface area contributed by atoms with Gasteiger partial charge in [0, 0.05) is 21.9 Å². The van der Waals surface area contributed by atoms with Crippen molar-refractivity contribution in [3.05, 3.63) is 92.4 Å². The Hall–Kier alpha value is -3.36. The van der Waals surface area contributed by atoms with E-state index in [2.05, 4.69) is 35.4 Å². The van der Waals surface area contributed by atoms with Crippen molar-refractivity contribution >= 4 is 39.6 Å². The topological polar surface area (TPSA) is 66.6 Å². The maximum absolute atomic E-state index is 13.0. The molecular weight excluding hydrogens is 466 g/mol. The zero-order valence-electron chi connectivity index (χ0n) is 18.7. The lowest BCUT2D eigenvalue weighted by Gasteiger charge is -2.28. The number of hydrogen-bond acceptors (Lipinski definition) is 5. The number of benzene rings is 2. The van der Waals surface area contributed by atoms with E-state index >= 15 is 0 Å². The molecule has 0 saturated carbocycles. The normalized spacial score (nSPS) is 13.4. The first kappa shape index (κ1) is 22.4. The van der Waals surface area contributed by atoms with E-state index in [1.165, 1.54) is 4.88 Å². The second-order valence-electron chi connectivity index (χ2n) is 8.22. The molecule has 1 atom stereocenters. The molecule has 5 rings (SSSR count). The lowest BCUT2D eigenvalue weighted by atomic mass is 10.1. The molecule has 0 fully saturated rings. The van der Waals surface area contributed by atoms with Crippen LogP contribution in [0, 0.1) is 0 Å². The van der Waals surface area contributed by atoms with Crippen molar-refractivity contribution < 1.29 is 9.47 Å². The first-order valence-corrected chi connectivity index (χ1v) is 12.4. The highest BCUT2D eigenvalue weighted by Gasteiger charge is 2.18. The average Bonchev–Trinajstić information content (AvgIpc) is 3.36. The predicted octanol–water partition coefficient (Wildman–Crippen LogP) is 5.00. The molecule has 2 aromatic heterocycles. The van der Waals surface area contributed by atoms with Crippen LogP contribution in [0.4, 0.5) is 0 Å². The number of nitrogens with zero attached hydrogens (tertiary/aromatic N) is 1.